The van der Waals surface area contributed by atoms with Gasteiger partial charge in [0.05, 0.1) is 12.1 Å². The van der Waals surface area contributed by atoms with Crippen LogP contribution in [0.5, 0.6) is 5.75 Å². The SMILES string of the molecule is CN(CC(=O)NCCCN)C(=O)COc1ccccc1C(N)=O. The van der Waals surface area contributed by atoms with E-state index in [9.17, 15) is 14.4 Å². The fourth-order valence-corrected chi connectivity index (χ4v) is 1.74. The predicted molar refractivity (Wildman–Crippen MR) is 84.8 cm³/mol. The van der Waals surface area contributed by atoms with Crippen LogP contribution in [0.4, 0.5) is 0 Å². The standard InChI is InChI=1S/C15H22N4O4/c1-19(9-13(20)18-8-4-7-16)14(21)10-23-12-6-3-2-5-11(12)15(17)22/h2-3,5-6H,4,7-10,16H2,1H3,(H2,17,22)(H,18,20). The first-order valence-electron chi connectivity index (χ1n) is 7.18. The average Bonchev–Trinajstić information content (AvgIpc) is 2.52. The second-order valence-corrected chi connectivity index (χ2v) is 4.89. The number of hydrogen-bond donors (Lipinski definition) is 3. The van der Waals surface area contributed by atoms with Crippen LogP contribution in [0, 0.1) is 0 Å². The van der Waals surface area contributed by atoms with E-state index in [1.54, 1.807) is 18.2 Å². The fraction of sp³-hybridized carbons (Fsp3) is 0.400. The molecule has 0 aliphatic heterocycles. The van der Waals surface area contributed by atoms with Crippen LogP contribution in [0.3, 0.4) is 0 Å². The lowest BCUT2D eigenvalue weighted by Gasteiger charge is -2.17. The molecule has 0 atom stereocenters. The Labute approximate surface area is 134 Å². The number of para-hydroxylation sites is 1. The maximum absolute atomic E-state index is 11.9. The summed E-state index contributed by atoms with van der Waals surface area (Å²) in [5, 5.41) is 2.65. The number of amides is 3. The number of nitrogens with zero attached hydrogens (tertiary/aromatic N) is 1. The number of benzene rings is 1. The van der Waals surface area contributed by atoms with Gasteiger partial charge in [0.15, 0.2) is 6.61 Å². The monoisotopic (exact) mass is 322 g/mol. The zero-order chi connectivity index (χ0) is 17.2. The molecule has 126 valence electrons. The molecule has 0 spiro atoms. The van der Waals surface area contributed by atoms with Crippen LogP contribution in [0.25, 0.3) is 0 Å². The highest BCUT2D eigenvalue weighted by atomic mass is 16.5. The summed E-state index contributed by atoms with van der Waals surface area (Å²) in [6, 6.07) is 6.37. The van der Waals surface area contributed by atoms with E-state index in [0.29, 0.717) is 19.5 Å². The molecule has 0 fully saturated rings. The van der Waals surface area contributed by atoms with Crippen molar-refractivity contribution >= 4 is 17.7 Å². The van der Waals surface area contributed by atoms with Gasteiger partial charge in [-0.1, -0.05) is 12.1 Å². The number of primary amides is 1. The Kier molecular flexibility index (Phi) is 7.55. The van der Waals surface area contributed by atoms with Gasteiger partial charge in [0.1, 0.15) is 5.75 Å². The number of ether oxygens (including phenoxy) is 1. The Balaban J connectivity index is 2.47. The molecular formula is C15H22N4O4. The summed E-state index contributed by atoms with van der Waals surface area (Å²) in [6.07, 6.45) is 0.677. The third-order valence-corrected chi connectivity index (χ3v) is 3.01. The van der Waals surface area contributed by atoms with Gasteiger partial charge in [0, 0.05) is 13.6 Å². The second kappa shape index (κ2) is 9.42. The quantitative estimate of drug-likeness (QED) is 0.507. The van der Waals surface area contributed by atoms with Crippen molar-refractivity contribution in [3.63, 3.8) is 0 Å². The van der Waals surface area contributed by atoms with Gasteiger partial charge in [-0.3, -0.25) is 14.4 Å². The lowest BCUT2D eigenvalue weighted by atomic mass is 10.2. The zero-order valence-corrected chi connectivity index (χ0v) is 13.1. The average molecular weight is 322 g/mol. The molecule has 1 rings (SSSR count). The van der Waals surface area contributed by atoms with Crippen LogP contribution in [0.2, 0.25) is 0 Å². The maximum atomic E-state index is 11.9. The molecule has 0 saturated heterocycles. The van der Waals surface area contributed by atoms with Crippen molar-refractivity contribution in [2.75, 3.05) is 33.3 Å². The van der Waals surface area contributed by atoms with Crippen molar-refractivity contribution in [2.24, 2.45) is 11.5 Å². The number of hydrogen-bond acceptors (Lipinski definition) is 5. The first-order valence-corrected chi connectivity index (χ1v) is 7.18. The van der Waals surface area contributed by atoms with Gasteiger partial charge >= 0.3 is 0 Å². The molecule has 0 bridgehead atoms. The Morgan fingerprint density at radius 3 is 2.61 bits per heavy atom. The Morgan fingerprint density at radius 2 is 1.96 bits per heavy atom. The topological polar surface area (TPSA) is 128 Å². The number of rotatable bonds is 9. The summed E-state index contributed by atoms with van der Waals surface area (Å²) in [5.41, 5.74) is 10.8. The zero-order valence-electron chi connectivity index (χ0n) is 13.1. The van der Waals surface area contributed by atoms with E-state index in [1.165, 1.54) is 18.0 Å². The van der Waals surface area contributed by atoms with Crippen LogP contribution in [0.1, 0.15) is 16.8 Å². The third kappa shape index (κ3) is 6.35. The Bertz CT molecular complexity index is 562. The Hall–Kier alpha value is -2.61. The first kappa shape index (κ1) is 18.4. The van der Waals surface area contributed by atoms with Crippen LogP contribution < -0.4 is 21.5 Å². The maximum Gasteiger partial charge on any atom is 0.260 e. The molecule has 0 saturated carbocycles. The van der Waals surface area contributed by atoms with Gasteiger partial charge in [-0.25, -0.2) is 0 Å². The third-order valence-electron chi connectivity index (χ3n) is 3.01. The van der Waals surface area contributed by atoms with Crippen LogP contribution in [0.15, 0.2) is 24.3 Å². The number of nitrogens with two attached hydrogens (primary N) is 2. The van der Waals surface area contributed by atoms with E-state index in [-0.39, 0.29) is 30.4 Å². The van der Waals surface area contributed by atoms with Crippen molar-refractivity contribution < 1.29 is 19.1 Å². The molecule has 0 unspecified atom stereocenters. The highest BCUT2D eigenvalue weighted by Gasteiger charge is 2.15. The normalized spacial score (nSPS) is 10.0. The van der Waals surface area contributed by atoms with Gasteiger partial charge in [-0.2, -0.15) is 0 Å². The van der Waals surface area contributed by atoms with Gasteiger partial charge in [0.25, 0.3) is 11.8 Å². The number of carbonyl (C=O) groups is 3. The summed E-state index contributed by atoms with van der Waals surface area (Å²) in [5.74, 6) is -1.07. The summed E-state index contributed by atoms with van der Waals surface area (Å²) in [4.78, 5) is 36.0. The van der Waals surface area contributed by atoms with Gasteiger partial charge in [-0.15, -0.1) is 0 Å². The Morgan fingerprint density at radius 1 is 1.26 bits per heavy atom. The molecule has 5 N–H and O–H groups in total. The molecule has 8 heteroatoms. The van der Waals surface area contributed by atoms with Crippen molar-refractivity contribution in [1.29, 1.82) is 0 Å². The second-order valence-electron chi connectivity index (χ2n) is 4.89. The van der Waals surface area contributed by atoms with Gasteiger partial charge in [0.2, 0.25) is 5.91 Å². The summed E-state index contributed by atoms with van der Waals surface area (Å²) < 4.78 is 5.32. The fourth-order valence-electron chi connectivity index (χ4n) is 1.74. The molecule has 0 radical (unpaired) electrons. The molecule has 0 aliphatic carbocycles. The van der Waals surface area contributed by atoms with Crippen molar-refractivity contribution in [2.45, 2.75) is 6.42 Å². The highest BCUT2D eigenvalue weighted by molar-refractivity contribution is 5.95. The lowest BCUT2D eigenvalue weighted by Crippen LogP contribution is -2.40. The van der Waals surface area contributed by atoms with E-state index < -0.39 is 11.8 Å². The van der Waals surface area contributed by atoms with E-state index in [2.05, 4.69) is 5.32 Å². The van der Waals surface area contributed by atoms with E-state index >= 15 is 0 Å². The van der Waals surface area contributed by atoms with Crippen molar-refractivity contribution in [3.05, 3.63) is 29.8 Å². The highest BCUT2D eigenvalue weighted by Crippen LogP contribution is 2.17. The molecule has 0 heterocycles. The smallest absolute Gasteiger partial charge is 0.260 e. The summed E-state index contributed by atoms with van der Waals surface area (Å²) >= 11 is 0. The van der Waals surface area contributed by atoms with Crippen molar-refractivity contribution in [1.82, 2.24) is 10.2 Å². The number of nitrogens with one attached hydrogen (secondary N) is 1. The van der Waals surface area contributed by atoms with Crippen molar-refractivity contribution in [3.8, 4) is 5.75 Å². The largest absolute Gasteiger partial charge is 0.483 e. The van der Waals surface area contributed by atoms with E-state index in [4.69, 9.17) is 16.2 Å². The predicted octanol–water partition coefficient (Wildman–Crippen LogP) is -0.912. The first-order chi connectivity index (χ1) is 11.0. The van der Waals surface area contributed by atoms with E-state index in [0.717, 1.165) is 0 Å². The number of likely N-dealkylation sites (N-methyl/N-ethyl adjacent to an activating group) is 1. The molecule has 1 aromatic carbocycles. The molecule has 0 aliphatic rings. The molecule has 8 nitrogen and oxygen atoms in total. The molecule has 23 heavy (non-hydrogen) atoms. The lowest BCUT2D eigenvalue weighted by molar-refractivity contribution is -0.136. The van der Waals surface area contributed by atoms with Gasteiger partial charge in [-0.05, 0) is 25.1 Å². The molecule has 0 aromatic heterocycles. The van der Waals surface area contributed by atoms with Gasteiger partial charge < -0.3 is 26.4 Å². The summed E-state index contributed by atoms with van der Waals surface area (Å²) in [6.45, 7) is 0.586. The van der Waals surface area contributed by atoms with Crippen LogP contribution >= 0.6 is 0 Å². The molecule has 3 amide bonds. The minimum Gasteiger partial charge on any atom is -0.483 e. The van der Waals surface area contributed by atoms with Crippen LogP contribution in [-0.2, 0) is 9.59 Å². The molecular weight excluding hydrogens is 300 g/mol. The minimum atomic E-state index is -0.638. The summed E-state index contributed by atoms with van der Waals surface area (Å²) in [7, 11) is 1.49. The molecule has 1 aromatic rings. The van der Waals surface area contributed by atoms with E-state index in [1.807, 2.05) is 0 Å². The van der Waals surface area contributed by atoms with Crippen LogP contribution in [-0.4, -0.2) is 55.9 Å². The number of carbonyl (C=O) groups excluding carboxylic acids is 3. The minimum absolute atomic E-state index is 0.0791.